The van der Waals surface area contributed by atoms with Crippen LogP contribution in [0.1, 0.15) is 49.9 Å². The van der Waals surface area contributed by atoms with Gasteiger partial charge in [0.1, 0.15) is 5.01 Å². The van der Waals surface area contributed by atoms with E-state index in [-0.39, 0.29) is 5.97 Å². The monoisotopic (exact) mass is 410 g/mol. The van der Waals surface area contributed by atoms with Crippen molar-refractivity contribution in [2.45, 2.75) is 39.5 Å². The lowest BCUT2D eigenvalue weighted by molar-refractivity contribution is 0.0526. The van der Waals surface area contributed by atoms with Crippen LogP contribution in [0.5, 0.6) is 0 Å². The fourth-order valence-corrected chi connectivity index (χ4v) is 4.79. The highest BCUT2D eigenvalue weighted by Gasteiger charge is 2.20. The van der Waals surface area contributed by atoms with Gasteiger partial charge in [0.2, 0.25) is 5.95 Å². The second-order valence-electron chi connectivity index (χ2n) is 7.41. The lowest BCUT2D eigenvalue weighted by Crippen LogP contribution is -2.34. The van der Waals surface area contributed by atoms with Crippen molar-refractivity contribution >= 4 is 33.5 Å². The van der Waals surface area contributed by atoms with Crippen molar-refractivity contribution in [3.63, 3.8) is 0 Å². The number of thiazole rings is 1. The quantitative estimate of drug-likeness (QED) is 0.536. The summed E-state index contributed by atoms with van der Waals surface area (Å²) < 4.78 is 6.03. The average molecular weight is 411 g/mol. The maximum Gasteiger partial charge on any atom is 0.338 e. The normalized spacial score (nSPS) is 15.0. The minimum atomic E-state index is -0.306. The Bertz CT molecular complexity index is 978. The molecule has 7 heteroatoms. The summed E-state index contributed by atoms with van der Waals surface area (Å²) >= 11 is 1.53. The van der Waals surface area contributed by atoms with Crippen LogP contribution in [0.4, 0.5) is 5.95 Å². The Morgan fingerprint density at radius 1 is 1.21 bits per heavy atom. The number of ether oxygens (including phenoxy) is 1. The van der Waals surface area contributed by atoms with Gasteiger partial charge in [-0.1, -0.05) is 19.8 Å². The van der Waals surface area contributed by atoms with Crippen LogP contribution >= 0.6 is 11.3 Å². The molecule has 0 atom stereocenters. The van der Waals surface area contributed by atoms with E-state index in [4.69, 9.17) is 4.74 Å². The Morgan fingerprint density at radius 3 is 2.66 bits per heavy atom. The molecule has 1 aromatic carbocycles. The van der Waals surface area contributed by atoms with Gasteiger partial charge in [0.05, 0.1) is 22.4 Å². The molecule has 1 fully saturated rings. The minimum Gasteiger partial charge on any atom is -0.462 e. The zero-order chi connectivity index (χ0) is 20.2. The van der Waals surface area contributed by atoms with Crippen molar-refractivity contribution < 1.29 is 9.53 Å². The average Bonchev–Trinajstić information content (AvgIpc) is 3.18. The molecule has 4 rings (SSSR count). The van der Waals surface area contributed by atoms with E-state index >= 15 is 0 Å². The van der Waals surface area contributed by atoms with Gasteiger partial charge in [-0.2, -0.15) is 0 Å². The maximum absolute atomic E-state index is 11.9. The Kier molecular flexibility index (Phi) is 6.04. The first-order valence-electron chi connectivity index (χ1n) is 10.3. The van der Waals surface area contributed by atoms with Crippen LogP contribution in [0.15, 0.2) is 30.6 Å². The van der Waals surface area contributed by atoms with E-state index in [1.165, 1.54) is 37.0 Å². The summed E-state index contributed by atoms with van der Waals surface area (Å²) in [6.07, 6.45) is 8.73. The topological polar surface area (TPSA) is 68.2 Å². The molecule has 0 radical (unpaired) electrons. The number of anilines is 1. The number of piperidine rings is 1. The molecular weight excluding hydrogens is 384 g/mol. The van der Waals surface area contributed by atoms with Crippen molar-refractivity contribution in [2.24, 2.45) is 5.92 Å². The van der Waals surface area contributed by atoms with Gasteiger partial charge < -0.3 is 9.64 Å². The van der Waals surface area contributed by atoms with E-state index < -0.39 is 0 Å². The van der Waals surface area contributed by atoms with Crippen LogP contribution in [-0.4, -0.2) is 40.6 Å². The van der Waals surface area contributed by atoms with Crippen LogP contribution in [0, 0.1) is 5.92 Å². The molecule has 6 nitrogen and oxygen atoms in total. The summed E-state index contributed by atoms with van der Waals surface area (Å²) in [5.74, 6) is 1.34. The maximum atomic E-state index is 11.9. The van der Waals surface area contributed by atoms with Gasteiger partial charge in [-0.3, -0.25) is 0 Å². The van der Waals surface area contributed by atoms with Crippen molar-refractivity contribution in [1.29, 1.82) is 0 Å². The zero-order valence-electron chi connectivity index (χ0n) is 16.9. The molecule has 0 unspecified atom stereocenters. The molecular formula is C22H26N4O2S. The number of hydrogen-bond donors (Lipinski definition) is 0. The Labute approximate surface area is 175 Å². The number of carbonyl (C=O) groups excluding carboxylic acids is 1. The van der Waals surface area contributed by atoms with Crippen molar-refractivity contribution in [1.82, 2.24) is 15.0 Å². The molecule has 0 aliphatic carbocycles. The van der Waals surface area contributed by atoms with E-state index in [2.05, 4.69) is 26.8 Å². The molecule has 0 bridgehead atoms. The van der Waals surface area contributed by atoms with E-state index in [1.54, 1.807) is 13.0 Å². The third kappa shape index (κ3) is 4.40. The number of aromatic nitrogens is 3. The Hall–Kier alpha value is -2.54. The van der Waals surface area contributed by atoms with Crippen LogP contribution in [0.3, 0.4) is 0 Å². The Balaban J connectivity index is 1.49. The number of carbonyl (C=O) groups is 1. The number of benzene rings is 1. The summed E-state index contributed by atoms with van der Waals surface area (Å²) in [5.41, 5.74) is 2.31. The van der Waals surface area contributed by atoms with Crippen LogP contribution in [-0.2, 0) is 4.74 Å². The third-order valence-corrected chi connectivity index (χ3v) is 6.45. The number of esters is 1. The fourth-order valence-electron chi connectivity index (χ4n) is 3.81. The second-order valence-corrected chi connectivity index (χ2v) is 8.44. The van der Waals surface area contributed by atoms with Gasteiger partial charge in [0.25, 0.3) is 0 Å². The largest absolute Gasteiger partial charge is 0.462 e. The standard InChI is InChI=1S/C22H26N4O2S/c1-3-5-15-8-10-26(11-9-15)22-23-13-17(14-24-22)20-25-18-7-6-16(12-19(18)29-20)21(27)28-4-2/h6-7,12-15H,3-5,8-11H2,1-2H3. The molecule has 29 heavy (non-hydrogen) atoms. The zero-order valence-corrected chi connectivity index (χ0v) is 17.7. The molecule has 3 aromatic rings. The highest BCUT2D eigenvalue weighted by Crippen LogP contribution is 2.31. The third-order valence-electron chi connectivity index (χ3n) is 5.38. The number of nitrogens with zero attached hydrogens (tertiary/aromatic N) is 4. The Morgan fingerprint density at radius 2 is 1.97 bits per heavy atom. The van der Waals surface area contributed by atoms with Crippen LogP contribution < -0.4 is 4.90 Å². The van der Waals surface area contributed by atoms with Crippen molar-refractivity contribution in [2.75, 3.05) is 24.6 Å². The number of hydrogen-bond acceptors (Lipinski definition) is 7. The first-order chi connectivity index (χ1) is 14.2. The van der Waals surface area contributed by atoms with E-state index in [0.717, 1.165) is 45.7 Å². The SMILES string of the molecule is CCCC1CCN(c2ncc(-c3nc4ccc(C(=O)OCC)cc4s3)cn2)CC1. The molecule has 1 aliphatic heterocycles. The highest BCUT2D eigenvalue weighted by molar-refractivity contribution is 7.21. The molecule has 1 aliphatic rings. The summed E-state index contributed by atoms with van der Waals surface area (Å²) in [5, 5.41) is 0.856. The fraction of sp³-hybridized carbons (Fsp3) is 0.455. The molecule has 2 aromatic heterocycles. The highest BCUT2D eigenvalue weighted by atomic mass is 32.1. The van der Waals surface area contributed by atoms with Gasteiger partial charge in [0, 0.05) is 31.0 Å². The first-order valence-corrected chi connectivity index (χ1v) is 11.1. The van der Waals surface area contributed by atoms with Gasteiger partial charge in [0.15, 0.2) is 0 Å². The van der Waals surface area contributed by atoms with E-state index in [9.17, 15) is 4.79 Å². The molecule has 0 amide bonds. The lowest BCUT2D eigenvalue weighted by atomic mass is 9.93. The van der Waals surface area contributed by atoms with Gasteiger partial charge in [-0.25, -0.2) is 19.7 Å². The summed E-state index contributed by atoms with van der Waals surface area (Å²) in [4.78, 5) is 28.1. The number of fused-ring (bicyclic) bond motifs is 1. The van der Waals surface area contributed by atoms with Crippen LogP contribution in [0.25, 0.3) is 20.8 Å². The van der Waals surface area contributed by atoms with Crippen LogP contribution in [0.2, 0.25) is 0 Å². The van der Waals surface area contributed by atoms with E-state index in [0.29, 0.717) is 12.2 Å². The summed E-state index contributed by atoms with van der Waals surface area (Å²) in [6.45, 7) is 6.49. The van der Waals surface area contributed by atoms with Gasteiger partial charge >= 0.3 is 5.97 Å². The molecule has 0 N–H and O–H groups in total. The predicted molar refractivity (Wildman–Crippen MR) is 116 cm³/mol. The van der Waals surface area contributed by atoms with E-state index in [1.807, 2.05) is 24.5 Å². The number of rotatable bonds is 6. The van der Waals surface area contributed by atoms with Crippen molar-refractivity contribution in [3.05, 3.63) is 36.2 Å². The molecule has 1 saturated heterocycles. The molecule has 0 spiro atoms. The van der Waals surface area contributed by atoms with Gasteiger partial charge in [-0.15, -0.1) is 11.3 Å². The second kappa shape index (κ2) is 8.86. The minimum absolute atomic E-state index is 0.306. The smallest absolute Gasteiger partial charge is 0.338 e. The van der Waals surface area contributed by atoms with Gasteiger partial charge in [-0.05, 0) is 43.9 Å². The molecule has 0 saturated carbocycles. The lowest BCUT2D eigenvalue weighted by Gasteiger charge is -2.31. The first kappa shape index (κ1) is 19.8. The molecule has 152 valence electrons. The van der Waals surface area contributed by atoms with Crippen molar-refractivity contribution in [3.8, 4) is 10.6 Å². The summed E-state index contributed by atoms with van der Waals surface area (Å²) in [7, 11) is 0. The molecule has 3 heterocycles. The summed E-state index contributed by atoms with van der Waals surface area (Å²) in [6, 6.07) is 5.45. The predicted octanol–water partition coefficient (Wildman–Crippen LogP) is 4.95.